The summed E-state index contributed by atoms with van der Waals surface area (Å²) in [5.41, 5.74) is 1.51. The van der Waals surface area contributed by atoms with Gasteiger partial charge in [0.25, 0.3) is 21.6 Å². The highest BCUT2D eigenvalue weighted by atomic mass is 32.2. The van der Waals surface area contributed by atoms with Crippen LogP contribution in [0.1, 0.15) is 97.1 Å². The first-order valence-corrected chi connectivity index (χ1v) is 28.1. The number of carbonyl (C=O) groups is 1. The van der Waals surface area contributed by atoms with E-state index in [1.54, 1.807) is 25.4 Å². The van der Waals surface area contributed by atoms with Crippen molar-refractivity contribution in [2.45, 2.75) is 94.4 Å². The third-order valence-corrected chi connectivity index (χ3v) is 17.8. The van der Waals surface area contributed by atoms with Crippen LogP contribution >= 0.6 is 0 Å². The number of piperazine rings is 1. The number of benzene rings is 4. The van der Waals surface area contributed by atoms with Gasteiger partial charge in [-0.3, -0.25) is 24.7 Å². The minimum atomic E-state index is -4.96. The van der Waals surface area contributed by atoms with Crippen LogP contribution in [0.5, 0.6) is 17.2 Å². The van der Waals surface area contributed by atoms with Gasteiger partial charge in [0, 0.05) is 113 Å². The number of halogens is 2. The lowest BCUT2D eigenvalue weighted by Crippen LogP contribution is -2.60. The number of aryl methyl sites for hydroxylation is 1. The number of piperidine rings is 1. The normalized spacial score (nSPS) is 19.1. The number of alkyl halides is 1. The second kappa shape index (κ2) is 21.3. The molecule has 17 nitrogen and oxygen atoms in total. The molecule has 20 heteroatoms. The van der Waals surface area contributed by atoms with Crippen LogP contribution in [0.4, 0.5) is 25.8 Å². The molecule has 410 valence electrons. The number of H-pyrrole nitrogens is 1. The Morgan fingerprint density at radius 2 is 1.73 bits per heavy atom. The molecule has 4 aromatic carbocycles. The number of anilines is 2. The van der Waals surface area contributed by atoms with Crippen molar-refractivity contribution < 1.29 is 45.5 Å². The minimum Gasteiger partial charge on any atom is -0.497 e. The van der Waals surface area contributed by atoms with Crippen molar-refractivity contribution >= 4 is 55.0 Å². The molecule has 3 saturated heterocycles. The summed E-state index contributed by atoms with van der Waals surface area (Å²) in [5.74, 6) is -0.535. The molecule has 0 radical (unpaired) electrons. The Morgan fingerprint density at radius 1 is 0.974 bits per heavy atom. The molecule has 4 aliphatic rings. The third kappa shape index (κ3) is 10.6. The number of ether oxygens (including phenoxy) is 3. The summed E-state index contributed by atoms with van der Waals surface area (Å²) in [6.07, 6.45) is 6.95. The summed E-state index contributed by atoms with van der Waals surface area (Å²) >= 11 is 0. The molecule has 0 unspecified atom stereocenters. The summed E-state index contributed by atoms with van der Waals surface area (Å²) in [6, 6.07) is 25.8. The van der Waals surface area contributed by atoms with Gasteiger partial charge in [-0.2, -0.15) is 0 Å². The fourth-order valence-corrected chi connectivity index (χ4v) is 13.4. The molecule has 3 aromatic heterocycles. The largest absolute Gasteiger partial charge is 0.497 e. The summed E-state index contributed by atoms with van der Waals surface area (Å²) in [7, 11) is -3.28. The Balaban J connectivity index is 0.830. The summed E-state index contributed by atoms with van der Waals surface area (Å²) in [6.45, 7) is 10.8. The molecule has 4 fully saturated rings. The summed E-state index contributed by atoms with van der Waals surface area (Å²) < 4.78 is 86.1. The molecule has 3 N–H and O–H groups in total. The van der Waals surface area contributed by atoms with E-state index in [-0.39, 0.29) is 83.7 Å². The van der Waals surface area contributed by atoms with Crippen molar-refractivity contribution in [1.82, 2.24) is 24.5 Å². The summed E-state index contributed by atoms with van der Waals surface area (Å²) in [5, 5.41) is 16.0. The maximum absolute atomic E-state index is 16.8. The van der Waals surface area contributed by atoms with Gasteiger partial charge in [-0.25, -0.2) is 26.9 Å². The van der Waals surface area contributed by atoms with Crippen molar-refractivity contribution in [3.05, 3.63) is 141 Å². The topological polar surface area (TPSA) is 198 Å². The predicted octanol–water partition coefficient (Wildman–Crippen LogP) is 10.9. The highest BCUT2D eigenvalue weighted by Gasteiger charge is 2.50. The molecule has 7 aromatic rings. The average molecular weight is 1090 g/mol. The Kier molecular flexibility index (Phi) is 14.4. The van der Waals surface area contributed by atoms with Crippen molar-refractivity contribution in [3.63, 3.8) is 0 Å². The van der Waals surface area contributed by atoms with E-state index in [9.17, 15) is 23.3 Å². The van der Waals surface area contributed by atoms with Gasteiger partial charge < -0.3 is 33.8 Å². The Hall–Kier alpha value is -7.13. The molecule has 0 bridgehead atoms. The number of amides is 1. The van der Waals surface area contributed by atoms with E-state index in [1.165, 1.54) is 41.9 Å². The Morgan fingerprint density at radius 3 is 2.46 bits per heavy atom. The molecule has 6 heterocycles. The lowest BCUT2D eigenvalue weighted by molar-refractivity contribution is -0.384. The summed E-state index contributed by atoms with van der Waals surface area (Å²) in [4.78, 5) is 40.2. The van der Waals surface area contributed by atoms with Crippen LogP contribution in [0.25, 0.3) is 22.0 Å². The number of sulfonamides is 1. The molecule has 1 saturated carbocycles. The second-order valence-corrected chi connectivity index (χ2v) is 23.5. The zero-order valence-corrected chi connectivity index (χ0v) is 45.0. The number of carbonyl (C=O) groups excluding carboxylic acids is 1. The zero-order chi connectivity index (χ0) is 54.5. The van der Waals surface area contributed by atoms with Gasteiger partial charge in [0.15, 0.2) is 11.3 Å². The maximum Gasteiger partial charge on any atom is 0.297 e. The highest BCUT2D eigenvalue weighted by Crippen LogP contribution is 2.54. The van der Waals surface area contributed by atoms with E-state index in [2.05, 4.69) is 75.3 Å². The number of furan rings is 1. The van der Waals surface area contributed by atoms with Gasteiger partial charge >= 0.3 is 0 Å². The third-order valence-electron chi connectivity index (χ3n) is 16.5. The first-order chi connectivity index (χ1) is 37.5. The van der Waals surface area contributed by atoms with Gasteiger partial charge in [-0.1, -0.05) is 50.2 Å². The number of hydrogen-bond donors (Lipinski definition) is 3. The van der Waals surface area contributed by atoms with Crippen molar-refractivity contribution in [2.75, 3.05) is 69.8 Å². The van der Waals surface area contributed by atoms with E-state index in [0.717, 1.165) is 69.7 Å². The van der Waals surface area contributed by atoms with E-state index in [1.807, 2.05) is 21.8 Å². The number of nitro benzene ring substituents is 1. The van der Waals surface area contributed by atoms with Crippen LogP contribution in [-0.2, 0) is 21.3 Å². The average Bonchev–Trinajstić information content (AvgIpc) is 4.21. The standard InChI is InChI=1S/C58H64F2N8O9S/c1-36(2)43-7-5-6-8-44(43)50-34-65(33-38-9-11-41(74-4)12-10-38)21-22-67(50)40-30-57(31-40)14-19-66(20-15-57)48-28-51(77-42-26-39-13-18-61-55(39)62-32-42)45(27-47(48)59)56(69)64-78(72,73)52-29-49(68(70)71)53(54-46(52)25-37(3)76-54)63-35-58(60)16-23-75-24-17-58/h5-13,18,25-29,32,36,40,50,63H,14-17,19-24,30-31,33-35H2,1-4H3,(H,61,62)(H,64,69)/t50-/m0/s1. The van der Waals surface area contributed by atoms with E-state index >= 15 is 8.78 Å². The number of nitro groups is 1. The molecule has 1 atom stereocenters. The van der Waals surface area contributed by atoms with Gasteiger partial charge in [0.05, 0.1) is 29.5 Å². The van der Waals surface area contributed by atoms with E-state index in [4.69, 9.17) is 18.6 Å². The van der Waals surface area contributed by atoms with Crippen LogP contribution in [0, 0.1) is 28.3 Å². The monoisotopic (exact) mass is 1090 g/mol. The quantitative estimate of drug-likeness (QED) is 0.0610. The number of rotatable bonds is 16. The Labute approximate surface area is 451 Å². The van der Waals surface area contributed by atoms with Crippen LogP contribution in [0.3, 0.4) is 0 Å². The maximum atomic E-state index is 16.8. The number of pyridine rings is 1. The number of methoxy groups -OCH3 is 1. The molecule has 78 heavy (non-hydrogen) atoms. The van der Waals surface area contributed by atoms with Crippen molar-refractivity contribution in [2.24, 2.45) is 5.41 Å². The number of nitrogens with one attached hydrogen (secondary N) is 3. The second-order valence-electron chi connectivity index (χ2n) is 21.8. The number of nitrogens with zero attached hydrogens (tertiary/aromatic N) is 5. The van der Waals surface area contributed by atoms with Gasteiger partial charge in [-0.15, -0.1) is 0 Å². The molecular formula is C58H64F2N8O9S. The smallest absolute Gasteiger partial charge is 0.297 e. The van der Waals surface area contributed by atoms with Crippen LogP contribution < -0.4 is 24.4 Å². The van der Waals surface area contributed by atoms with Crippen molar-refractivity contribution in [1.29, 1.82) is 0 Å². The SMILES string of the molecule is COc1ccc(CN2CCN(C3CC4(CCN(c5cc(Oc6cnc7[nH]ccc7c6)c(C(=O)NS(=O)(=O)c6cc([N+](=O)[O-])c(NCC7(F)CCOCC7)c7oc(C)cc67)cc5F)CC4)C3)[C@H](c3ccccc3C(C)C)C2)cc1. The molecular weight excluding hydrogens is 1020 g/mol. The van der Waals surface area contributed by atoms with Crippen LogP contribution in [0.2, 0.25) is 0 Å². The number of fused-ring (bicyclic) bond motifs is 2. The van der Waals surface area contributed by atoms with Crippen molar-refractivity contribution in [3.8, 4) is 17.2 Å². The number of aromatic nitrogens is 2. The lowest BCUT2D eigenvalue weighted by Gasteiger charge is -2.58. The number of aromatic amines is 1. The van der Waals surface area contributed by atoms with Crippen LogP contribution in [-0.4, -0.2) is 110 Å². The van der Waals surface area contributed by atoms with Gasteiger partial charge in [0.2, 0.25) is 0 Å². The van der Waals surface area contributed by atoms with E-state index in [0.29, 0.717) is 36.1 Å². The lowest BCUT2D eigenvalue weighted by atomic mass is 9.59. The fourth-order valence-electron chi connectivity index (χ4n) is 12.2. The number of hydrogen-bond acceptors (Lipinski definition) is 14. The molecule has 1 spiro atoms. The fraction of sp³-hybridized carbons (Fsp3) is 0.414. The van der Waals surface area contributed by atoms with E-state index < -0.39 is 48.5 Å². The highest BCUT2D eigenvalue weighted by molar-refractivity contribution is 7.90. The van der Waals surface area contributed by atoms with Crippen LogP contribution in [0.15, 0.2) is 107 Å². The van der Waals surface area contributed by atoms with Gasteiger partial charge in [0.1, 0.15) is 45.0 Å². The first kappa shape index (κ1) is 52.9. The minimum absolute atomic E-state index is 0.0541. The molecule has 3 aliphatic heterocycles. The molecule has 1 amide bonds. The predicted molar refractivity (Wildman–Crippen MR) is 292 cm³/mol. The molecule has 1 aliphatic carbocycles. The Bertz CT molecular complexity index is 3490. The zero-order valence-electron chi connectivity index (χ0n) is 44.2. The van der Waals surface area contributed by atoms with Gasteiger partial charge in [-0.05, 0) is 97.0 Å². The molecule has 11 rings (SSSR count). The first-order valence-electron chi connectivity index (χ1n) is 26.7.